The van der Waals surface area contributed by atoms with Crippen LogP contribution in [0.2, 0.25) is 0 Å². The number of carboxylic acids is 1. The number of hydrogen-bond acceptors (Lipinski definition) is 4. The van der Waals surface area contributed by atoms with E-state index in [0.717, 1.165) is 38.7 Å². The molecule has 0 aromatic carbocycles. The maximum atomic E-state index is 12.2. The lowest BCUT2D eigenvalue weighted by molar-refractivity contribution is -0.314. The van der Waals surface area contributed by atoms with Crippen LogP contribution in [-0.2, 0) is 14.3 Å². The molecular formula is C14H20NO4-. The zero-order valence-corrected chi connectivity index (χ0v) is 11.0. The molecule has 0 spiro atoms. The summed E-state index contributed by atoms with van der Waals surface area (Å²) in [5, 5.41) is 14.1. The first-order valence-electron chi connectivity index (χ1n) is 7.27. The maximum Gasteiger partial charge on any atom is 0.224 e. The second-order valence-electron chi connectivity index (χ2n) is 6.08. The number of fused-ring (bicyclic) bond motifs is 2. The molecule has 1 aliphatic heterocycles. The number of ether oxygens (including phenoxy) is 1. The molecule has 3 aliphatic rings. The van der Waals surface area contributed by atoms with Gasteiger partial charge in [-0.25, -0.2) is 0 Å². The molecular weight excluding hydrogens is 246 g/mol. The first kappa shape index (κ1) is 12.9. The van der Waals surface area contributed by atoms with Gasteiger partial charge in [-0.1, -0.05) is 0 Å². The highest BCUT2D eigenvalue weighted by molar-refractivity contribution is 5.85. The van der Waals surface area contributed by atoms with Gasteiger partial charge in [-0.3, -0.25) is 4.79 Å². The molecule has 0 unspecified atom stereocenters. The fraction of sp³-hybridized carbons (Fsp3) is 0.857. The minimum absolute atomic E-state index is 0.101. The van der Waals surface area contributed by atoms with Crippen molar-refractivity contribution < 1.29 is 19.4 Å². The molecule has 2 aliphatic carbocycles. The molecule has 3 fully saturated rings. The van der Waals surface area contributed by atoms with Crippen molar-refractivity contribution in [2.45, 2.75) is 38.2 Å². The van der Waals surface area contributed by atoms with Crippen molar-refractivity contribution in [2.75, 3.05) is 13.2 Å². The number of nitrogens with one attached hydrogen (secondary N) is 1. The number of carboxylic acid groups (broad SMARTS) is 1. The summed E-state index contributed by atoms with van der Waals surface area (Å²) in [5.74, 6) is -1.75. The van der Waals surface area contributed by atoms with Crippen LogP contribution >= 0.6 is 0 Å². The van der Waals surface area contributed by atoms with Crippen molar-refractivity contribution in [3.05, 3.63) is 0 Å². The first-order valence-corrected chi connectivity index (χ1v) is 7.27. The van der Waals surface area contributed by atoms with E-state index in [1.165, 1.54) is 0 Å². The van der Waals surface area contributed by atoms with Crippen molar-refractivity contribution in [2.24, 2.45) is 23.7 Å². The van der Waals surface area contributed by atoms with Gasteiger partial charge in [0, 0.05) is 31.0 Å². The van der Waals surface area contributed by atoms with Gasteiger partial charge in [-0.15, -0.1) is 0 Å². The summed E-state index contributed by atoms with van der Waals surface area (Å²) in [6.45, 7) is 1.27. The Morgan fingerprint density at radius 3 is 2.53 bits per heavy atom. The Morgan fingerprint density at radius 2 is 1.89 bits per heavy atom. The summed E-state index contributed by atoms with van der Waals surface area (Å²) < 4.78 is 5.46. The third kappa shape index (κ3) is 2.36. The van der Waals surface area contributed by atoms with Gasteiger partial charge in [0.25, 0.3) is 0 Å². The molecule has 2 bridgehead atoms. The zero-order valence-electron chi connectivity index (χ0n) is 11.0. The van der Waals surface area contributed by atoms with E-state index in [2.05, 4.69) is 5.32 Å². The minimum atomic E-state index is -1.05. The largest absolute Gasteiger partial charge is 0.550 e. The van der Waals surface area contributed by atoms with Gasteiger partial charge in [0.1, 0.15) is 0 Å². The van der Waals surface area contributed by atoms with E-state index in [1.54, 1.807) is 0 Å². The van der Waals surface area contributed by atoms with Crippen LogP contribution in [0.25, 0.3) is 0 Å². The van der Waals surface area contributed by atoms with Crippen LogP contribution in [-0.4, -0.2) is 31.1 Å². The Kier molecular flexibility index (Phi) is 3.48. The molecule has 2 saturated carbocycles. The van der Waals surface area contributed by atoms with Gasteiger partial charge in [-0.2, -0.15) is 0 Å². The van der Waals surface area contributed by atoms with Gasteiger partial charge < -0.3 is 20.0 Å². The van der Waals surface area contributed by atoms with Crippen LogP contribution in [0.5, 0.6) is 0 Å². The Morgan fingerprint density at radius 1 is 1.16 bits per heavy atom. The Labute approximate surface area is 112 Å². The van der Waals surface area contributed by atoms with Crippen LogP contribution in [0.3, 0.4) is 0 Å². The van der Waals surface area contributed by atoms with E-state index < -0.39 is 11.9 Å². The van der Waals surface area contributed by atoms with Crippen LogP contribution in [0.1, 0.15) is 32.1 Å². The van der Waals surface area contributed by atoms with Crippen molar-refractivity contribution in [1.29, 1.82) is 0 Å². The van der Waals surface area contributed by atoms with Gasteiger partial charge in [-0.05, 0) is 43.9 Å². The number of hydrogen-bond donors (Lipinski definition) is 1. The number of carbonyl (C=O) groups excluding carboxylic acids is 2. The highest BCUT2D eigenvalue weighted by atomic mass is 16.5. The van der Waals surface area contributed by atoms with Gasteiger partial charge in [0.15, 0.2) is 0 Å². The molecule has 0 radical (unpaired) electrons. The van der Waals surface area contributed by atoms with Gasteiger partial charge in [0.05, 0.1) is 6.10 Å². The third-order valence-electron chi connectivity index (χ3n) is 5.02. The minimum Gasteiger partial charge on any atom is -0.550 e. The van der Waals surface area contributed by atoms with Crippen LogP contribution in [0, 0.1) is 23.7 Å². The van der Waals surface area contributed by atoms with Crippen molar-refractivity contribution in [3.8, 4) is 0 Å². The zero-order chi connectivity index (χ0) is 13.4. The van der Waals surface area contributed by atoms with E-state index in [-0.39, 0.29) is 29.8 Å². The summed E-state index contributed by atoms with van der Waals surface area (Å²) >= 11 is 0. The van der Waals surface area contributed by atoms with Crippen LogP contribution in [0.4, 0.5) is 0 Å². The van der Waals surface area contributed by atoms with E-state index in [9.17, 15) is 14.7 Å². The molecule has 1 N–H and O–H groups in total. The normalized spacial score (nSPS) is 40.5. The lowest BCUT2D eigenvalue weighted by atomic mass is 9.78. The molecule has 1 heterocycles. The lowest BCUT2D eigenvalue weighted by Crippen LogP contribution is -2.47. The van der Waals surface area contributed by atoms with E-state index >= 15 is 0 Å². The van der Waals surface area contributed by atoms with Crippen LogP contribution in [0.15, 0.2) is 0 Å². The highest BCUT2D eigenvalue weighted by Gasteiger charge is 2.51. The Bertz CT molecular complexity index is 378. The Hall–Kier alpha value is -1.10. The smallest absolute Gasteiger partial charge is 0.224 e. The number of rotatable bonds is 4. The molecule has 5 nitrogen and oxygen atoms in total. The third-order valence-corrected chi connectivity index (χ3v) is 5.02. The monoisotopic (exact) mass is 266 g/mol. The van der Waals surface area contributed by atoms with Crippen molar-refractivity contribution in [3.63, 3.8) is 0 Å². The first-order chi connectivity index (χ1) is 9.16. The summed E-state index contributed by atoms with van der Waals surface area (Å²) in [4.78, 5) is 23.5. The van der Waals surface area contributed by atoms with E-state index in [0.29, 0.717) is 6.54 Å². The Balaban J connectivity index is 1.60. The fourth-order valence-corrected chi connectivity index (χ4v) is 4.15. The molecule has 0 aromatic rings. The average molecular weight is 266 g/mol. The highest BCUT2D eigenvalue weighted by Crippen LogP contribution is 2.52. The predicted molar refractivity (Wildman–Crippen MR) is 64.8 cm³/mol. The van der Waals surface area contributed by atoms with Crippen molar-refractivity contribution >= 4 is 11.9 Å². The molecule has 1 amide bonds. The lowest BCUT2D eigenvalue weighted by Gasteiger charge is -2.31. The second-order valence-corrected chi connectivity index (χ2v) is 6.08. The number of carbonyl (C=O) groups is 2. The van der Waals surface area contributed by atoms with Gasteiger partial charge >= 0.3 is 0 Å². The predicted octanol–water partition coefficient (Wildman–Crippen LogP) is -0.306. The average Bonchev–Trinajstić information content (AvgIpc) is 3.10. The molecule has 5 atom stereocenters. The van der Waals surface area contributed by atoms with Crippen molar-refractivity contribution in [1.82, 2.24) is 5.32 Å². The quantitative estimate of drug-likeness (QED) is 0.757. The fourth-order valence-electron chi connectivity index (χ4n) is 4.15. The van der Waals surface area contributed by atoms with Crippen LogP contribution < -0.4 is 10.4 Å². The molecule has 3 rings (SSSR count). The molecule has 106 valence electrons. The standard InChI is InChI=1S/C14H21NO4/c16-13(15-7-10-2-1-5-19-10)11-8-3-4-9(6-8)12(11)14(17)18/h8-12H,1-7H2,(H,15,16)(H,17,18)/p-1/t8-,9-,10+,11-,12-/m0/s1. The maximum absolute atomic E-state index is 12.2. The number of amides is 1. The summed E-state index contributed by atoms with van der Waals surface area (Å²) in [5.41, 5.74) is 0. The summed E-state index contributed by atoms with van der Waals surface area (Å²) in [7, 11) is 0. The molecule has 5 heteroatoms. The second kappa shape index (κ2) is 5.12. The molecule has 19 heavy (non-hydrogen) atoms. The SMILES string of the molecule is O=C([O-])[C@H]1[C@H]2CC[C@@H](C2)[C@@H]1C(=O)NC[C@H]1CCCO1. The van der Waals surface area contributed by atoms with E-state index in [4.69, 9.17) is 4.74 Å². The molecule has 0 aromatic heterocycles. The molecule has 1 saturated heterocycles. The topological polar surface area (TPSA) is 78.5 Å². The number of aliphatic carboxylic acids is 1. The van der Waals surface area contributed by atoms with Gasteiger partial charge in [0.2, 0.25) is 5.91 Å². The summed E-state index contributed by atoms with van der Waals surface area (Å²) in [6, 6.07) is 0. The summed E-state index contributed by atoms with van der Waals surface area (Å²) in [6.07, 6.45) is 4.89. The van der Waals surface area contributed by atoms with E-state index in [1.807, 2.05) is 0 Å².